The van der Waals surface area contributed by atoms with Crippen LogP contribution in [0, 0.1) is 16.7 Å². The summed E-state index contributed by atoms with van der Waals surface area (Å²) in [6, 6.07) is 0. The molecule has 1 unspecified atom stereocenters. The molecule has 0 N–H and O–H groups in total. The van der Waals surface area contributed by atoms with Crippen molar-refractivity contribution in [3.05, 3.63) is 11.6 Å². The minimum atomic E-state index is 0.792. The Bertz CT molecular complexity index is 242. The maximum absolute atomic E-state index is 3.18. The van der Waals surface area contributed by atoms with Crippen LogP contribution in [0.5, 0.6) is 0 Å². The Morgan fingerprint density at radius 2 is 2.36 bits per heavy atom. The van der Waals surface area contributed by atoms with E-state index in [1.54, 1.807) is 0 Å². The van der Waals surface area contributed by atoms with E-state index in [9.17, 15) is 0 Å². The highest BCUT2D eigenvalue weighted by Crippen LogP contribution is 2.25. The first-order chi connectivity index (χ1) is 6.86. The molecule has 14 heavy (non-hydrogen) atoms. The van der Waals surface area contributed by atoms with Crippen molar-refractivity contribution in [2.45, 2.75) is 51.9 Å². The molecule has 0 amide bonds. The van der Waals surface area contributed by atoms with E-state index in [1.165, 1.54) is 50.5 Å². The van der Waals surface area contributed by atoms with Crippen LogP contribution in [-0.4, -0.2) is 0 Å². The van der Waals surface area contributed by atoms with Crippen molar-refractivity contribution in [1.82, 2.24) is 0 Å². The van der Waals surface area contributed by atoms with Gasteiger partial charge < -0.3 is 0 Å². The summed E-state index contributed by atoms with van der Waals surface area (Å²) in [6.45, 7) is 2.26. The average Bonchev–Trinajstić information content (AvgIpc) is 2.41. The molecule has 1 rings (SSSR count). The zero-order chi connectivity index (χ0) is 10.2. The molecule has 0 aromatic rings. The maximum atomic E-state index is 3.18. The summed E-state index contributed by atoms with van der Waals surface area (Å²) >= 11 is 3.18. The van der Waals surface area contributed by atoms with Gasteiger partial charge in [-0.15, -0.1) is 0 Å². The van der Waals surface area contributed by atoms with E-state index in [2.05, 4.69) is 39.7 Å². The predicted octanol–water partition coefficient (Wildman–Crippen LogP) is 4.65. The van der Waals surface area contributed by atoms with E-state index in [0.29, 0.717) is 0 Å². The van der Waals surface area contributed by atoms with Crippen LogP contribution < -0.4 is 0 Å². The minimum absolute atomic E-state index is 0.792. The molecule has 0 aromatic carbocycles. The Labute approximate surface area is 96.3 Å². The fourth-order valence-corrected chi connectivity index (χ4v) is 2.29. The predicted molar refractivity (Wildman–Crippen MR) is 66.3 cm³/mol. The number of halogens is 1. The fraction of sp³-hybridized carbons (Fsp3) is 0.692. The molecule has 0 bridgehead atoms. The first-order valence-electron chi connectivity index (χ1n) is 5.69. The molecule has 1 heteroatoms. The number of hydrogen-bond acceptors (Lipinski definition) is 0. The molecular weight excluding hydrogens is 236 g/mol. The van der Waals surface area contributed by atoms with Crippen molar-refractivity contribution in [2.24, 2.45) is 5.92 Å². The zero-order valence-electron chi connectivity index (χ0n) is 8.98. The summed E-state index contributed by atoms with van der Waals surface area (Å²) in [4.78, 5) is 2.84. The Morgan fingerprint density at radius 1 is 1.50 bits per heavy atom. The first-order valence-corrected chi connectivity index (χ1v) is 6.48. The van der Waals surface area contributed by atoms with Crippen LogP contribution in [-0.2, 0) is 0 Å². The van der Waals surface area contributed by atoms with Crippen LogP contribution in [0.15, 0.2) is 11.6 Å². The smallest absolute Gasteiger partial charge is 0.0110 e. The molecule has 1 atom stereocenters. The number of rotatable bonds is 3. The lowest BCUT2D eigenvalue weighted by molar-refractivity contribution is 0.503. The van der Waals surface area contributed by atoms with Crippen LogP contribution in [0.25, 0.3) is 0 Å². The Balaban J connectivity index is 2.53. The topological polar surface area (TPSA) is 0 Å². The van der Waals surface area contributed by atoms with Gasteiger partial charge in [-0.3, -0.25) is 0 Å². The van der Waals surface area contributed by atoms with Gasteiger partial charge in [-0.1, -0.05) is 38.2 Å². The highest BCUT2D eigenvalue weighted by molar-refractivity contribution is 9.12. The monoisotopic (exact) mass is 254 g/mol. The van der Waals surface area contributed by atoms with E-state index in [0.717, 1.165) is 5.92 Å². The lowest BCUT2D eigenvalue weighted by Crippen LogP contribution is -1.95. The Kier molecular flexibility index (Phi) is 6.03. The summed E-state index contributed by atoms with van der Waals surface area (Å²) in [5.41, 5.74) is 1.35. The van der Waals surface area contributed by atoms with Crippen LogP contribution in [0.4, 0.5) is 0 Å². The highest BCUT2D eigenvalue weighted by Gasteiger charge is 2.10. The number of allylic oxidation sites excluding steroid dienone is 2. The minimum Gasteiger partial charge on any atom is -0.0698 e. The third-order valence-corrected chi connectivity index (χ3v) is 3.04. The standard InChI is InChI=1S/C13H19Br/c1-2-3-6-12-7-4-5-8-13(11-12)9-10-14/h11-12H,2-8H2,1H3. The summed E-state index contributed by atoms with van der Waals surface area (Å²) in [5.74, 6) is 3.95. The second-order valence-electron chi connectivity index (χ2n) is 4.06. The quantitative estimate of drug-likeness (QED) is 0.644. The van der Waals surface area contributed by atoms with E-state index in [-0.39, 0.29) is 0 Å². The van der Waals surface area contributed by atoms with Crippen molar-refractivity contribution < 1.29 is 0 Å². The van der Waals surface area contributed by atoms with Gasteiger partial charge >= 0.3 is 0 Å². The molecule has 0 heterocycles. The van der Waals surface area contributed by atoms with Gasteiger partial charge in [-0.05, 0) is 42.0 Å². The zero-order valence-corrected chi connectivity index (χ0v) is 10.6. The lowest BCUT2D eigenvalue weighted by atomic mass is 9.97. The average molecular weight is 255 g/mol. The molecule has 0 spiro atoms. The summed E-state index contributed by atoms with van der Waals surface area (Å²) < 4.78 is 0. The van der Waals surface area contributed by atoms with E-state index >= 15 is 0 Å². The molecule has 0 saturated heterocycles. The first kappa shape index (κ1) is 11.9. The Morgan fingerprint density at radius 3 is 3.07 bits per heavy atom. The van der Waals surface area contributed by atoms with Gasteiger partial charge in [-0.2, -0.15) is 0 Å². The van der Waals surface area contributed by atoms with Crippen molar-refractivity contribution in [3.63, 3.8) is 0 Å². The molecular formula is C13H19Br. The molecule has 1 aliphatic rings. The van der Waals surface area contributed by atoms with Crippen molar-refractivity contribution in [1.29, 1.82) is 0 Å². The van der Waals surface area contributed by atoms with Crippen molar-refractivity contribution in [3.8, 4) is 10.8 Å². The van der Waals surface area contributed by atoms with Crippen molar-refractivity contribution in [2.75, 3.05) is 0 Å². The summed E-state index contributed by atoms with van der Waals surface area (Å²) in [5, 5.41) is 0. The summed E-state index contributed by atoms with van der Waals surface area (Å²) in [7, 11) is 0. The largest absolute Gasteiger partial charge is 0.0698 e. The van der Waals surface area contributed by atoms with Gasteiger partial charge in [0.15, 0.2) is 0 Å². The molecule has 0 fully saturated rings. The number of hydrogen-bond donors (Lipinski definition) is 0. The molecule has 1 aliphatic carbocycles. The van der Waals surface area contributed by atoms with Gasteiger partial charge in [-0.25, -0.2) is 0 Å². The van der Waals surface area contributed by atoms with Gasteiger partial charge in [0.25, 0.3) is 0 Å². The van der Waals surface area contributed by atoms with Gasteiger partial charge in [0.2, 0.25) is 0 Å². The lowest BCUT2D eigenvalue weighted by Gasteiger charge is -2.09. The SMILES string of the molecule is CCCCC1C=C(C#CBr)CCCC1. The molecule has 0 aromatic heterocycles. The molecule has 0 radical (unpaired) electrons. The molecule has 0 aliphatic heterocycles. The van der Waals surface area contributed by atoms with E-state index in [4.69, 9.17) is 0 Å². The maximum Gasteiger partial charge on any atom is 0.0110 e. The van der Waals surface area contributed by atoms with Gasteiger partial charge in [0.05, 0.1) is 0 Å². The van der Waals surface area contributed by atoms with Crippen molar-refractivity contribution >= 4 is 15.9 Å². The van der Waals surface area contributed by atoms with Crippen LogP contribution >= 0.6 is 15.9 Å². The van der Waals surface area contributed by atoms with Crippen LogP contribution in [0.1, 0.15) is 51.9 Å². The number of unbranched alkanes of at least 4 members (excludes halogenated alkanes) is 1. The second kappa shape index (κ2) is 7.12. The fourth-order valence-electron chi connectivity index (χ4n) is 2.03. The summed E-state index contributed by atoms with van der Waals surface area (Å²) in [6.07, 6.45) is 11.7. The highest BCUT2D eigenvalue weighted by atomic mass is 79.9. The van der Waals surface area contributed by atoms with Gasteiger partial charge in [0.1, 0.15) is 0 Å². The normalized spacial score (nSPS) is 21.9. The molecule has 78 valence electrons. The third-order valence-electron chi connectivity index (χ3n) is 2.84. The molecule has 0 saturated carbocycles. The van der Waals surface area contributed by atoms with E-state index < -0.39 is 0 Å². The Hall–Kier alpha value is -0.220. The van der Waals surface area contributed by atoms with Gasteiger partial charge in [0, 0.05) is 15.9 Å². The van der Waals surface area contributed by atoms with Crippen LogP contribution in [0.3, 0.4) is 0 Å². The van der Waals surface area contributed by atoms with E-state index in [1.807, 2.05) is 0 Å². The molecule has 0 nitrogen and oxygen atoms in total. The third kappa shape index (κ3) is 4.33. The second-order valence-corrected chi connectivity index (χ2v) is 4.46. The van der Waals surface area contributed by atoms with Crippen LogP contribution in [0.2, 0.25) is 0 Å².